The fourth-order valence-corrected chi connectivity index (χ4v) is 2.65. The summed E-state index contributed by atoms with van der Waals surface area (Å²) in [6.45, 7) is 4.19. The number of hydrogen-bond acceptors (Lipinski definition) is 3. The Labute approximate surface area is 141 Å². The molecule has 3 rings (SSSR count). The highest BCUT2D eigenvalue weighted by atomic mass is 16.5. The number of ether oxygens (including phenoxy) is 1. The molecule has 1 atom stereocenters. The Morgan fingerprint density at radius 3 is 2.62 bits per heavy atom. The van der Waals surface area contributed by atoms with Crippen molar-refractivity contribution < 1.29 is 14.3 Å². The molecule has 1 N–H and O–H groups in total. The number of rotatable bonds is 3. The van der Waals surface area contributed by atoms with Gasteiger partial charge in [-0.15, -0.1) is 0 Å². The van der Waals surface area contributed by atoms with Gasteiger partial charge in [-0.05, 0) is 37.6 Å². The molecule has 5 nitrogen and oxygen atoms in total. The third-order valence-electron chi connectivity index (χ3n) is 4.14. The minimum Gasteiger partial charge on any atom is -0.479 e. The van der Waals surface area contributed by atoms with Gasteiger partial charge in [0, 0.05) is 19.2 Å². The molecule has 0 bridgehead atoms. The van der Waals surface area contributed by atoms with Crippen LogP contribution in [0.25, 0.3) is 0 Å². The monoisotopic (exact) mass is 324 g/mol. The Bertz CT molecular complexity index is 784. The standard InChI is InChI=1S/C19H20N2O3/c1-12-4-6-14(7-5-12)11-20-18(22)15-8-9-16-17(10-15)24-13(2)19(23)21(16)3/h4-10,13H,11H2,1-3H3,(H,20,22). The van der Waals surface area contributed by atoms with Crippen LogP contribution >= 0.6 is 0 Å². The molecular weight excluding hydrogens is 304 g/mol. The summed E-state index contributed by atoms with van der Waals surface area (Å²) < 4.78 is 5.61. The van der Waals surface area contributed by atoms with E-state index in [1.54, 1.807) is 37.1 Å². The zero-order valence-electron chi connectivity index (χ0n) is 14.0. The molecule has 0 spiro atoms. The molecule has 5 heteroatoms. The van der Waals surface area contributed by atoms with E-state index in [4.69, 9.17) is 4.74 Å². The van der Waals surface area contributed by atoms with Gasteiger partial charge in [0.25, 0.3) is 11.8 Å². The highest BCUT2D eigenvalue weighted by Gasteiger charge is 2.29. The lowest BCUT2D eigenvalue weighted by molar-refractivity contribution is -0.125. The van der Waals surface area contributed by atoms with Crippen molar-refractivity contribution in [2.75, 3.05) is 11.9 Å². The van der Waals surface area contributed by atoms with E-state index in [-0.39, 0.29) is 11.8 Å². The maximum Gasteiger partial charge on any atom is 0.267 e. The molecule has 0 aliphatic carbocycles. The molecule has 1 heterocycles. The molecule has 0 radical (unpaired) electrons. The largest absolute Gasteiger partial charge is 0.479 e. The minimum atomic E-state index is -0.548. The third kappa shape index (κ3) is 3.11. The van der Waals surface area contributed by atoms with E-state index in [0.717, 1.165) is 5.56 Å². The first-order valence-electron chi connectivity index (χ1n) is 7.88. The molecule has 124 valence electrons. The topological polar surface area (TPSA) is 58.6 Å². The van der Waals surface area contributed by atoms with E-state index in [1.807, 2.05) is 31.2 Å². The summed E-state index contributed by atoms with van der Waals surface area (Å²) in [5.74, 6) is 0.279. The molecule has 0 saturated carbocycles. The lowest BCUT2D eigenvalue weighted by Gasteiger charge is -2.30. The minimum absolute atomic E-state index is 0.0981. The van der Waals surface area contributed by atoms with Gasteiger partial charge in [-0.25, -0.2) is 0 Å². The summed E-state index contributed by atoms with van der Waals surface area (Å²) in [4.78, 5) is 25.8. The van der Waals surface area contributed by atoms with Crippen LogP contribution in [0.15, 0.2) is 42.5 Å². The number of fused-ring (bicyclic) bond motifs is 1. The average Bonchev–Trinajstić information content (AvgIpc) is 2.58. The number of carbonyl (C=O) groups is 2. The maximum absolute atomic E-state index is 12.4. The number of hydrogen-bond donors (Lipinski definition) is 1. The van der Waals surface area contributed by atoms with Gasteiger partial charge in [0.15, 0.2) is 6.10 Å². The highest BCUT2D eigenvalue weighted by molar-refractivity contribution is 6.01. The summed E-state index contributed by atoms with van der Waals surface area (Å²) in [7, 11) is 1.71. The van der Waals surface area contributed by atoms with Crippen molar-refractivity contribution in [2.24, 2.45) is 0 Å². The van der Waals surface area contributed by atoms with Gasteiger partial charge in [0.1, 0.15) is 5.75 Å². The molecule has 0 saturated heterocycles. The number of carbonyl (C=O) groups excluding carboxylic acids is 2. The second kappa shape index (κ2) is 6.35. The number of benzene rings is 2. The average molecular weight is 324 g/mol. The normalized spacial score (nSPS) is 16.4. The third-order valence-corrected chi connectivity index (χ3v) is 4.14. The molecule has 1 unspecified atom stereocenters. The van der Waals surface area contributed by atoms with Crippen LogP contribution in [0.2, 0.25) is 0 Å². The number of anilines is 1. The molecular formula is C19H20N2O3. The second-order valence-corrected chi connectivity index (χ2v) is 6.01. The Balaban J connectivity index is 1.73. The quantitative estimate of drug-likeness (QED) is 0.944. The summed E-state index contributed by atoms with van der Waals surface area (Å²) >= 11 is 0. The van der Waals surface area contributed by atoms with Crippen LogP contribution in [0.5, 0.6) is 5.75 Å². The van der Waals surface area contributed by atoms with Gasteiger partial charge in [-0.2, -0.15) is 0 Å². The van der Waals surface area contributed by atoms with Gasteiger partial charge in [-0.3, -0.25) is 9.59 Å². The molecule has 0 aromatic heterocycles. The van der Waals surface area contributed by atoms with E-state index in [0.29, 0.717) is 23.5 Å². The van der Waals surface area contributed by atoms with Gasteiger partial charge in [0.2, 0.25) is 0 Å². The highest BCUT2D eigenvalue weighted by Crippen LogP contribution is 2.33. The molecule has 1 aliphatic heterocycles. The Morgan fingerprint density at radius 2 is 1.92 bits per heavy atom. The van der Waals surface area contributed by atoms with Gasteiger partial charge in [-0.1, -0.05) is 29.8 Å². The number of amides is 2. The lowest BCUT2D eigenvalue weighted by Crippen LogP contribution is -2.42. The fourth-order valence-electron chi connectivity index (χ4n) is 2.65. The number of nitrogens with zero attached hydrogens (tertiary/aromatic N) is 1. The summed E-state index contributed by atoms with van der Waals surface area (Å²) in [5.41, 5.74) is 3.41. The van der Waals surface area contributed by atoms with Crippen LogP contribution in [0.1, 0.15) is 28.4 Å². The molecule has 0 fully saturated rings. The van der Waals surface area contributed by atoms with Crippen molar-refractivity contribution >= 4 is 17.5 Å². The Kier molecular flexibility index (Phi) is 4.25. The fraction of sp³-hybridized carbons (Fsp3) is 0.263. The smallest absolute Gasteiger partial charge is 0.267 e. The van der Waals surface area contributed by atoms with Crippen molar-refractivity contribution in [1.29, 1.82) is 0 Å². The maximum atomic E-state index is 12.4. The van der Waals surface area contributed by atoms with Crippen LogP contribution < -0.4 is 15.0 Å². The molecule has 2 aromatic rings. The Morgan fingerprint density at radius 1 is 1.21 bits per heavy atom. The molecule has 24 heavy (non-hydrogen) atoms. The van der Waals surface area contributed by atoms with Crippen LogP contribution in [0.4, 0.5) is 5.69 Å². The molecule has 2 amide bonds. The first-order valence-corrected chi connectivity index (χ1v) is 7.88. The van der Waals surface area contributed by atoms with Gasteiger partial charge < -0.3 is 15.0 Å². The zero-order chi connectivity index (χ0) is 17.3. The van der Waals surface area contributed by atoms with E-state index in [1.165, 1.54) is 5.56 Å². The molecule has 1 aliphatic rings. The summed E-state index contributed by atoms with van der Waals surface area (Å²) in [6.07, 6.45) is -0.548. The van der Waals surface area contributed by atoms with E-state index < -0.39 is 6.10 Å². The van der Waals surface area contributed by atoms with Crippen molar-refractivity contribution in [2.45, 2.75) is 26.5 Å². The second-order valence-electron chi connectivity index (χ2n) is 6.01. The van der Waals surface area contributed by atoms with Crippen LogP contribution in [0.3, 0.4) is 0 Å². The van der Waals surface area contributed by atoms with E-state index >= 15 is 0 Å². The SMILES string of the molecule is Cc1ccc(CNC(=O)c2ccc3c(c2)OC(C)C(=O)N3C)cc1. The van der Waals surface area contributed by atoms with Crippen molar-refractivity contribution in [3.8, 4) is 5.75 Å². The Hall–Kier alpha value is -2.82. The van der Waals surface area contributed by atoms with Gasteiger partial charge in [0.05, 0.1) is 5.69 Å². The van der Waals surface area contributed by atoms with E-state index in [9.17, 15) is 9.59 Å². The predicted molar refractivity (Wildman–Crippen MR) is 92.3 cm³/mol. The van der Waals surface area contributed by atoms with Crippen LogP contribution in [-0.4, -0.2) is 25.0 Å². The summed E-state index contributed by atoms with van der Waals surface area (Å²) in [5, 5.41) is 2.90. The zero-order valence-corrected chi connectivity index (χ0v) is 14.0. The molecule has 2 aromatic carbocycles. The lowest BCUT2D eigenvalue weighted by atomic mass is 10.1. The van der Waals surface area contributed by atoms with E-state index in [2.05, 4.69) is 5.32 Å². The van der Waals surface area contributed by atoms with Gasteiger partial charge >= 0.3 is 0 Å². The van der Waals surface area contributed by atoms with Crippen LogP contribution in [0, 0.1) is 6.92 Å². The first-order chi connectivity index (χ1) is 11.5. The number of nitrogens with one attached hydrogen (secondary N) is 1. The van der Waals surface area contributed by atoms with Crippen molar-refractivity contribution in [3.05, 3.63) is 59.2 Å². The van der Waals surface area contributed by atoms with Crippen molar-refractivity contribution in [1.82, 2.24) is 5.32 Å². The van der Waals surface area contributed by atoms with Crippen molar-refractivity contribution in [3.63, 3.8) is 0 Å². The number of aryl methyl sites for hydroxylation is 1. The van der Waals surface area contributed by atoms with Crippen LogP contribution in [-0.2, 0) is 11.3 Å². The summed E-state index contributed by atoms with van der Waals surface area (Å²) in [6, 6.07) is 13.1. The predicted octanol–water partition coefficient (Wildman–Crippen LogP) is 2.67. The first kappa shape index (κ1) is 16.1. The number of likely N-dealkylation sites (N-methyl/N-ethyl adjacent to an activating group) is 1.